The zero-order chi connectivity index (χ0) is 33.3. The second-order valence-corrected chi connectivity index (χ2v) is 12.1. The van der Waals surface area contributed by atoms with Crippen molar-refractivity contribution in [3.8, 4) is 0 Å². The summed E-state index contributed by atoms with van der Waals surface area (Å²) in [6, 6.07) is 16.8. The summed E-state index contributed by atoms with van der Waals surface area (Å²) in [5, 5.41) is 5.97. The molecule has 9 heteroatoms. The van der Waals surface area contributed by atoms with Gasteiger partial charge in [-0.2, -0.15) is 13.2 Å². The molecule has 3 aromatic rings. The lowest BCUT2D eigenvalue weighted by atomic mass is 9.91. The molecule has 0 unspecified atom stereocenters. The molecule has 46 heavy (non-hydrogen) atoms. The summed E-state index contributed by atoms with van der Waals surface area (Å²) in [6.07, 6.45) is 3.88. The van der Waals surface area contributed by atoms with Crippen LogP contribution in [0.4, 0.5) is 28.0 Å². The van der Waals surface area contributed by atoms with E-state index >= 15 is 0 Å². The van der Waals surface area contributed by atoms with Crippen LogP contribution in [0.3, 0.4) is 0 Å². The number of allylic oxidation sites excluding steroid dienone is 2. The van der Waals surface area contributed by atoms with Gasteiger partial charge in [-0.3, -0.25) is 4.79 Å². The van der Waals surface area contributed by atoms with Crippen molar-refractivity contribution in [1.29, 1.82) is 0 Å². The summed E-state index contributed by atoms with van der Waals surface area (Å²) >= 11 is 0. The number of halogens is 4. The standard InChI is InChI=1S/C28H34FN3O2.C9H9F3.3H2/c1-19-6-4-3-5-7-25(19)26-18-21(9-8-20(26)2)27(33)30-24-14-16-32(17-15-24)28(34)31-23-12-10-22(29)11-13-23;1-2-7-3-5-8(6-4-7)9(10,11)12;;;/h8-13,18,24H,3-7,14-17H2,1-2H3,(H,30,33)(H,31,34);3-6H,2H2,1H3;3*1H. The Balaban J connectivity index is 0.000000684. The van der Waals surface area contributed by atoms with E-state index in [9.17, 15) is 27.2 Å². The van der Waals surface area contributed by atoms with E-state index in [-0.39, 0.29) is 28.1 Å². The highest BCUT2D eigenvalue weighted by Crippen LogP contribution is 2.33. The summed E-state index contributed by atoms with van der Waals surface area (Å²) in [7, 11) is 0. The molecule has 252 valence electrons. The van der Waals surface area contributed by atoms with E-state index in [2.05, 4.69) is 36.6 Å². The van der Waals surface area contributed by atoms with E-state index in [0.29, 0.717) is 37.2 Å². The van der Waals surface area contributed by atoms with E-state index in [1.54, 1.807) is 17.0 Å². The second kappa shape index (κ2) is 15.9. The molecule has 2 aliphatic rings. The molecule has 0 aromatic heterocycles. The van der Waals surface area contributed by atoms with E-state index < -0.39 is 11.7 Å². The zero-order valence-electron chi connectivity index (χ0n) is 26.8. The first kappa shape index (κ1) is 34.7. The number of rotatable bonds is 5. The fraction of sp³-hybridized carbons (Fsp3) is 0.405. The van der Waals surface area contributed by atoms with Gasteiger partial charge < -0.3 is 15.5 Å². The smallest absolute Gasteiger partial charge is 0.349 e. The van der Waals surface area contributed by atoms with Crippen LogP contribution in [0, 0.1) is 12.7 Å². The summed E-state index contributed by atoms with van der Waals surface area (Å²) < 4.78 is 49.1. The van der Waals surface area contributed by atoms with Gasteiger partial charge >= 0.3 is 12.2 Å². The van der Waals surface area contributed by atoms with Crippen molar-refractivity contribution >= 4 is 23.2 Å². The maximum Gasteiger partial charge on any atom is 0.416 e. The van der Waals surface area contributed by atoms with Crippen molar-refractivity contribution in [3.63, 3.8) is 0 Å². The maximum absolute atomic E-state index is 13.1. The Morgan fingerprint density at radius 2 is 1.54 bits per heavy atom. The molecule has 3 aromatic carbocycles. The third kappa shape index (κ3) is 9.68. The highest BCUT2D eigenvalue weighted by atomic mass is 19.4. The molecule has 5 rings (SSSR count). The summed E-state index contributed by atoms with van der Waals surface area (Å²) in [6.45, 7) is 7.37. The highest BCUT2D eigenvalue weighted by Gasteiger charge is 2.30. The fourth-order valence-corrected chi connectivity index (χ4v) is 5.85. The number of benzene rings is 3. The number of carbonyl (C=O) groups is 2. The SMILES string of the molecule is CC1=C(c2cc(C(=O)NC3CCN(C(=O)Nc4ccc(F)cc4)CC3)ccc2C)CCCCC1.CCc1ccc(C(F)(F)F)cc1.[HH].[HH].[HH]. The molecular formula is C37H49F4N3O2. The topological polar surface area (TPSA) is 61.4 Å². The first-order valence-electron chi connectivity index (χ1n) is 16.0. The van der Waals surface area contributed by atoms with E-state index in [4.69, 9.17) is 0 Å². The van der Waals surface area contributed by atoms with Crippen LogP contribution in [0.5, 0.6) is 0 Å². The van der Waals surface area contributed by atoms with Gasteiger partial charge in [0.2, 0.25) is 0 Å². The lowest BCUT2D eigenvalue weighted by Gasteiger charge is -2.32. The largest absolute Gasteiger partial charge is 0.416 e. The number of piperidine rings is 1. The summed E-state index contributed by atoms with van der Waals surface area (Å²) in [5.74, 6) is -0.390. The minimum absolute atomic E-state index is 0. The molecule has 0 atom stereocenters. The van der Waals surface area contributed by atoms with Crippen LogP contribution in [0.25, 0.3) is 5.57 Å². The van der Waals surface area contributed by atoms with Crippen molar-refractivity contribution < 1.29 is 31.4 Å². The molecule has 0 radical (unpaired) electrons. The van der Waals surface area contributed by atoms with Gasteiger partial charge in [0.05, 0.1) is 5.56 Å². The number of anilines is 1. The first-order valence-corrected chi connectivity index (χ1v) is 16.0. The molecular weight excluding hydrogens is 594 g/mol. The van der Waals surface area contributed by atoms with Gasteiger partial charge in [0.15, 0.2) is 0 Å². The van der Waals surface area contributed by atoms with E-state index in [1.807, 2.05) is 13.0 Å². The number of carbonyl (C=O) groups excluding carboxylic acids is 2. The normalized spacial score (nSPS) is 15.8. The predicted molar refractivity (Wildman–Crippen MR) is 182 cm³/mol. The molecule has 1 aliphatic carbocycles. The number of urea groups is 1. The molecule has 1 saturated heterocycles. The van der Waals surface area contributed by atoms with E-state index in [1.165, 1.54) is 65.8 Å². The van der Waals surface area contributed by atoms with Crippen molar-refractivity contribution in [2.45, 2.75) is 84.4 Å². The van der Waals surface area contributed by atoms with Crippen LogP contribution in [0.1, 0.15) is 95.7 Å². The number of amides is 3. The monoisotopic (exact) mass is 643 g/mol. The molecule has 2 N–H and O–H groups in total. The number of alkyl halides is 3. The van der Waals surface area contributed by atoms with Crippen molar-refractivity contribution in [2.75, 3.05) is 18.4 Å². The average Bonchev–Trinajstić information content (AvgIpc) is 3.26. The van der Waals surface area contributed by atoms with Crippen molar-refractivity contribution in [3.05, 3.63) is 106 Å². The summed E-state index contributed by atoms with van der Waals surface area (Å²) in [4.78, 5) is 27.3. The molecule has 0 bridgehead atoms. The number of aryl methyl sites for hydroxylation is 2. The fourth-order valence-electron chi connectivity index (χ4n) is 5.85. The van der Waals surface area contributed by atoms with Crippen LogP contribution in [0.15, 0.2) is 72.3 Å². The Kier molecular flexibility index (Phi) is 12.0. The van der Waals surface area contributed by atoms with Gasteiger partial charge in [-0.15, -0.1) is 0 Å². The van der Waals surface area contributed by atoms with Gasteiger partial charge in [-0.25, -0.2) is 9.18 Å². The number of nitrogens with one attached hydrogen (secondary N) is 2. The summed E-state index contributed by atoms with van der Waals surface area (Å²) in [5.41, 5.74) is 6.88. The molecule has 5 nitrogen and oxygen atoms in total. The van der Waals surface area contributed by atoms with Gasteiger partial charge in [-0.1, -0.05) is 37.1 Å². The Morgan fingerprint density at radius 3 is 2.17 bits per heavy atom. The minimum Gasteiger partial charge on any atom is -0.349 e. The Morgan fingerprint density at radius 1 is 0.891 bits per heavy atom. The Labute approximate surface area is 273 Å². The Bertz CT molecular complexity index is 1520. The third-order valence-electron chi connectivity index (χ3n) is 8.72. The molecule has 0 saturated carbocycles. The first-order chi connectivity index (χ1) is 21.9. The maximum atomic E-state index is 13.1. The lowest BCUT2D eigenvalue weighted by molar-refractivity contribution is -0.137. The lowest BCUT2D eigenvalue weighted by Crippen LogP contribution is -2.47. The van der Waals surface area contributed by atoms with Gasteiger partial charge in [0.25, 0.3) is 5.91 Å². The molecule has 1 heterocycles. The quantitative estimate of drug-likeness (QED) is 0.272. The predicted octanol–water partition coefficient (Wildman–Crippen LogP) is 10.3. The Hall–Kier alpha value is -4.14. The third-order valence-corrected chi connectivity index (χ3v) is 8.72. The van der Waals surface area contributed by atoms with E-state index in [0.717, 1.165) is 37.0 Å². The van der Waals surface area contributed by atoms with Crippen LogP contribution in [-0.4, -0.2) is 36.0 Å². The van der Waals surface area contributed by atoms with Crippen molar-refractivity contribution in [1.82, 2.24) is 10.2 Å². The molecule has 0 spiro atoms. The second-order valence-electron chi connectivity index (χ2n) is 12.1. The van der Waals surface area contributed by atoms with Crippen LogP contribution in [-0.2, 0) is 12.6 Å². The average molecular weight is 644 g/mol. The van der Waals surface area contributed by atoms with Crippen molar-refractivity contribution in [2.24, 2.45) is 0 Å². The highest BCUT2D eigenvalue weighted by molar-refractivity contribution is 5.95. The van der Waals surface area contributed by atoms with Crippen LogP contribution >= 0.6 is 0 Å². The number of nitrogens with zero attached hydrogens (tertiary/aromatic N) is 1. The zero-order valence-corrected chi connectivity index (χ0v) is 26.8. The van der Waals surface area contributed by atoms with Gasteiger partial charge in [0.1, 0.15) is 5.82 Å². The number of hydrogen-bond donors (Lipinski definition) is 2. The number of hydrogen-bond acceptors (Lipinski definition) is 2. The molecule has 1 fully saturated rings. The molecule has 1 aliphatic heterocycles. The van der Waals surface area contributed by atoms with Crippen LogP contribution in [0.2, 0.25) is 0 Å². The molecule has 3 amide bonds. The van der Waals surface area contributed by atoms with Gasteiger partial charge in [-0.05, 0) is 130 Å². The van der Waals surface area contributed by atoms with Crippen LogP contribution < -0.4 is 10.6 Å². The number of likely N-dealkylation sites (tertiary alicyclic amines) is 1. The minimum atomic E-state index is -4.22. The van der Waals surface area contributed by atoms with Gasteiger partial charge in [0, 0.05) is 34.7 Å².